The number of hydrogen-bond acceptors (Lipinski definition) is 4. The van der Waals surface area contributed by atoms with Gasteiger partial charge >= 0.3 is 0 Å². The number of thiophene rings is 1. The van der Waals surface area contributed by atoms with Gasteiger partial charge in [0.1, 0.15) is 0 Å². The molecule has 0 amide bonds. The van der Waals surface area contributed by atoms with E-state index < -0.39 is 0 Å². The monoisotopic (exact) mass is 222 g/mol. The number of nitrogens with zero attached hydrogens (tertiary/aromatic N) is 2. The molecule has 0 bridgehead atoms. The molecule has 1 aromatic rings. The molecule has 0 atom stereocenters. The van der Waals surface area contributed by atoms with E-state index in [2.05, 4.69) is 33.7 Å². The van der Waals surface area contributed by atoms with Crippen molar-refractivity contribution in [3.05, 3.63) is 27.3 Å². The Morgan fingerprint density at radius 3 is 3.21 bits per heavy atom. The van der Waals surface area contributed by atoms with E-state index in [1.165, 1.54) is 21.3 Å². The van der Waals surface area contributed by atoms with E-state index in [1.807, 2.05) is 11.3 Å². The number of amidine groups is 1. The molecule has 0 N–H and O–H groups in total. The van der Waals surface area contributed by atoms with Crippen LogP contribution >= 0.6 is 23.1 Å². The standard InChI is InChI=1S/C10H10N2S2/c1-7-2-5-13-9(7)8-6-14-10-11-3-4-12(8)10/h2,5-6H,3-4H2,1H3. The zero-order valence-corrected chi connectivity index (χ0v) is 9.49. The summed E-state index contributed by atoms with van der Waals surface area (Å²) in [5.41, 5.74) is 2.72. The number of aryl methyl sites for hydroxylation is 1. The summed E-state index contributed by atoms with van der Waals surface area (Å²) >= 11 is 3.57. The van der Waals surface area contributed by atoms with Crippen LogP contribution in [0.25, 0.3) is 5.70 Å². The fraction of sp³-hybridized carbons (Fsp3) is 0.300. The van der Waals surface area contributed by atoms with Gasteiger partial charge < -0.3 is 4.90 Å². The van der Waals surface area contributed by atoms with Crippen LogP contribution in [0, 0.1) is 6.92 Å². The van der Waals surface area contributed by atoms with Crippen LogP contribution in [-0.2, 0) is 0 Å². The van der Waals surface area contributed by atoms with E-state index in [0.717, 1.165) is 13.1 Å². The van der Waals surface area contributed by atoms with Crippen LogP contribution in [0.3, 0.4) is 0 Å². The lowest BCUT2D eigenvalue weighted by Crippen LogP contribution is -2.19. The minimum atomic E-state index is 0.949. The Balaban J connectivity index is 2.01. The van der Waals surface area contributed by atoms with Crippen molar-refractivity contribution in [2.24, 2.45) is 4.99 Å². The van der Waals surface area contributed by atoms with Gasteiger partial charge in [-0.25, -0.2) is 0 Å². The number of aliphatic imine (C=N–C) groups is 1. The van der Waals surface area contributed by atoms with E-state index in [-0.39, 0.29) is 0 Å². The molecule has 0 unspecified atom stereocenters. The first-order chi connectivity index (χ1) is 6.86. The van der Waals surface area contributed by atoms with Gasteiger partial charge in [0.15, 0.2) is 5.17 Å². The highest BCUT2D eigenvalue weighted by molar-refractivity contribution is 8.16. The Morgan fingerprint density at radius 2 is 2.43 bits per heavy atom. The number of thioether (sulfide) groups is 1. The molecule has 3 heterocycles. The summed E-state index contributed by atoms with van der Waals surface area (Å²) in [6.45, 7) is 4.16. The summed E-state index contributed by atoms with van der Waals surface area (Å²) in [6.07, 6.45) is 0. The first-order valence-electron chi connectivity index (χ1n) is 4.59. The molecule has 0 saturated heterocycles. The van der Waals surface area contributed by atoms with Gasteiger partial charge in [-0.15, -0.1) is 11.3 Å². The molecule has 0 aliphatic carbocycles. The summed E-state index contributed by atoms with van der Waals surface area (Å²) in [5, 5.41) is 5.55. The van der Waals surface area contributed by atoms with Crippen molar-refractivity contribution in [3.63, 3.8) is 0 Å². The predicted molar refractivity (Wildman–Crippen MR) is 63.6 cm³/mol. The Hall–Kier alpha value is -0.740. The van der Waals surface area contributed by atoms with E-state index in [1.54, 1.807) is 11.8 Å². The highest BCUT2D eigenvalue weighted by Crippen LogP contribution is 2.38. The van der Waals surface area contributed by atoms with Gasteiger partial charge in [-0.2, -0.15) is 0 Å². The lowest BCUT2D eigenvalue weighted by Gasteiger charge is -2.15. The summed E-state index contributed by atoms with van der Waals surface area (Å²) in [7, 11) is 0. The van der Waals surface area contributed by atoms with Crippen LogP contribution in [0.1, 0.15) is 10.4 Å². The van der Waals surface area contributed by atoms with Gasteiger partial charge in [0, 0.05) is 12.0 Å². The molecule has 0 saturated carbocycles. The highest BCUT2D eigenvalue weighted by atomic mass is 32.2. The van der Waals surface area contributed by atoms with Crippen molar-refractivity contribution >= 4 is 34.0 Å². The van der Waals surface area contributed by atoms with Gasteiger partial charge in [-0.05, 0) is 23.9 Å². The first-order valence-corrected chi connectivity index (χ1v) is 6.35. The summed E-state index contributed by atoms with van der Waals surface area (Å²) in [5.74, 6) is 0. The average Bonchev–Trinajstić information content (AvgIpc) is 2.78. The third kappa shape index (κ3) is 1.14. The molecule has 0 spiro atoms. The maximum atomic E-state index is 4.45. The third-order valence-electron chi connectivity index (χ3n) is 2.46. The van der Waals surface area contributed by atoms with Gasteiger partial charge in [0.2, 0.25) is 0 Å². The van der Waals surface area contributed by atoms with E-state index >= 15 is 0 Å². The minimum Gasteiger partial charge on any atom is -0.317 e. The molecule has 1 aromatic heterocycles. The van der Waals surface area contributed by atoms with Crippen LogP contribution < -0.4 is 0 Å². The molecule has 4 heteroatoms. The number of rotatable bonds is 1. The molecule has 2 nitrogen and oxygen atoms in total. The quantitative estimate of drug-likeness (QED) is 0.726. The van der Waals surface area contributed by atoms with Crippen molar-refractivity contribution in [1.82, 2.24) is 4.90 Å². The molecule has 0 radical (unpaired) electrons. The maximum Gasteiger partial charge on any atom is 0.168 e. The largest absolute Gasteiger partial charge is 0.317 e. The van der Waals surface area contributed by atoms with Crippen LogP contribution in [0.4, 0.5) is 0 Å². The molecular weight excluding hydrogens is 212 g/mol. The van der Waals surface area contributed by atoms with E-state index in [0.29, 0.717) is 0 Å². The van der Waals surface area contributed by atoms with Gasteiger partial charge in [0.05, 0.1) is 17.1 Å². The van der Waals surface area contributed by atoms with Crippen LogP contribution in [0.2, 0.25) is 0 Å². The van der Waals surface area contributed by atoms with Crippen LogP contribution in [-0.4, -0.2) is 23.2 Å². The molecular formula is C10H10N2S2. The smallest absolute Gasteiger partial charge is 0.168 e. The van der Waals surface area contributed by atoms with Crippen LogP contribution in [0.15, 0.2) is 21.8 Å². The van der Waals surface area contributed by atoms with Crippen molar-refractivity contribution < 1.29 is 0 Å². The molecule has 0 aromatic carbocycles. The highest BCUT2D eigenvalue weighted by Gasteiger charge is 2.28. The SMILES string of the molecule is Cc1ccsc1C1=CSC2=NCCN12. The second-order valence-electron chi connectivity index (χ2n) is 3.37. The molecule has 2 aliphatic rings. The molecule has 72 valence electrons. The normalized spacial score (nSPS) is 19.6. The minimum absolute atomic E-state index is 0.949. The van der Waals surface area contributed by atoms with E-state index in [4.69, 9.17) is 0 Å². The van der Waals surface area contributed by atoms with Crippen molar-refractivity contribution in [1.29, 1.82) is 0 Å². The molecule has 0 fully saturated rings. The fourth-order valence-corrected chi connectivity index (χ4v) is 3.71. The van der Waals surface area contributed by atoms with Crippen molar-refractivity contribution in [2.45, 2.75) is 6.92 Å². The topological polar surface area (TPSA) is 15.6 Å². The molecule has 2 aliphatic heterocycles. The van der Waals surface area contributed by atoms with Gasteiger partial charge in [-0.3, -0.25) is 4.99 Å². The zero-order valence-electron chi connectivity index (χ0n) is 7.86. The molecule has 3 rings (SSSR count). The second-order valence-corrected chi connectivity index (χ2v) is 5.12. The lowest BCUT2D eigenvalue weighted by molar-refractivity contribution is 0.651. The Morgan fingerprint density at radius 1 is 1.50 bits per heavy atom. The third-order valence-corrected chi connectivity index (χ3v) is 4.40. The summed E-state index contributed by atoms with van der Waals surface area (Å²) < 4.78 is 0. The van der Waals surface area contributed by atoms with Crippen molar-refractivity contribution in [3.8, 4) is 0 Å². The Bertz CT molecular complexity index is 431. The van der Waals surface area contributed by atoms with Gasteiger partial charge in [0.25, 0.3) is 0 Å². The van der Waals surface area contributed by atoms with Gasteiger partial charge in [-0.1, -0.05) is 11.8 Å². The van der Waals surface area contributed by atoms with Crippen molar-refractivity contribution in [2.75, 3.05) is 13.1 Å². The van der Waals surface area contributed by atoms with Crippen LogP contribution in [0.5, 0.6) is 0 Å². The second kappa shape index (κ2) is 3.14. The summed E-state index contributed by atoms with van der Waals surface area (Å²) in [4.78, 5) is 8.16. The number of hydrogen-bond donors (Lipinski definition) is 0. The Labute approximate surface area is 91.3 Å². The zero-order chi connectivity index (χ0) is 9.54. The fourth-order valence-electron chi connectivity index (χ4n) is 1.73. The molecule has 14 heavy (non-hydrogen) atoms. The maximum absolute atomic E-state index is 4.45. The summed E-state index contributed by atoms with van der Waals surface area (Å²) in [6, 6.07) is 2.18. The average molecular weight is 222 g/mol. The predicted octanol–water partition coefficient (Wildman–Crippen LogP) is 2.77. The first kappa shape index (κ1) is 8.56. The Kier molecular flexibility index (Phi) is 1.92. The van der Waals surface area contributed by atoms with E-state index in [9.17, 15) is 0 Å². The lowest BCUT2D eigenvalue weighted by atomic mass is 10.2. The number of fused-ring (bicyclic) bond motifs is 1.